The van der Waals surface area contributed by atoms with Gasteiger partial charge in [-0.15, -0.1) is 0 Å². The van der Waals surface area contributed by atoms with E-state index < -0.39 is 0 Å². The minimum Gasteiger partial charge on any atom is -0.493 e. The summed E-state index contributed by atoms with van der Waals surface area (Å²) in [6.07, 6.45) is 0. The molecule has 4 heteroatoms. The number of hydrogen-bond acceptors (Lipinski definition) is 3. The molecule has 0 radical (unpaired) electrons. The molecule has 0 bridgehead atoms. The Kier molecular flexibility index (Phi) is 3.83. The monoisotopic (exact) mass is 295 g/mol. The number of nitrogens with one attached hydrogen (secondary N) is 1. The van der Waals surface area contributed by atoms with E-state index in [0.29, 0.717) is 18.1 Å². The maximum Gasteiger partial charge on any atom is 0.248 e. The first kappa shape index (κ1) is 14.2. The molecule has 0 saturated carbocycles. The van der Waals surface area contributed by atoms with Crippen LogP contribution in [0.25, 0.3) is 10.9 Å². The highest BCUT2D eigenvalue weighted by atomic mass is 16.5. The molecule has 0 aliphatic carbocycles. The fraction of sp³-hybridized carbons (Fsp3) is 0.167. The molecule has 22 heavy (non-hydrogen) atoms. The van der Waals surface area contributed by atoms with Crippen molar-refractivity contribution in [1.29, 1.82) is 0 Å². The van der Waals surface area contributed by atoms with Gasteiger partial charge in [-0.1, -0.05) is 30.3 Å². The van der Waals surface area contributed by atoms with Gasteiger partial charge in [-0.2, -0.15) is 0 Å². The van der Waals surface area contributed by atoms with Gasteiger partial charge < -0.3 is 14.5 Å². The van der Waals surface area contributed by atoms with E-state index in [9.17, 15) is 4.79 Å². The quantitative estimate of drug-likeness (QED) is 0.802. The molecule has 0 saturated heterocycles. The van der Waals surface area contributed by atoms with E-state index >= 15 is 0 Å². The minimum absolute atomic E-state index is 0.121. The summed E-state index contributed by atoms with van der Waals surface area (Å²) >= 11 is 0. The summed E-state index contributed by atoms with van der Waals surface area (Å²) in [6.45, 7) is 2.35. The summed E-state index contributed by atoms with van der Waals surface area (Å²) in [5.74, 6) is 1.26. The summed E-state index contributed by atoms with van der Waals surface area (Å²) in [5, 5.41) is 0.948. The molecule has 1 heterocycles. The van der Waals surface area contributed by atoms with Gasteiger partial charge in [-0.3, -0.25) is 4.79 Å². The largest absolute Gasteiger partial charge is 0.493 e. The fourth-order valence-corrected chi connectivity index (χ4v) is 2.44. The Morgan fingerprint density at radius 2 is 1.82 bits per heavy atom. The number of fused-ring (bicyclic) bond motifs is 1. The minimum atomic E-state index is -0.121. The second-order valence-corrected chi connectivity index (χ2v) is 5.14. The smallest absolute Gasteiger partial charge is 0.248 e. The average molecular weight is 295 g/mol. The van der Waals surface area contributed by atoms with E-state index in [0.717, 1.165) is 22.0 Å². The topological polar surface area (TPSA) is 51.3 Å². The van der Waals surface area contributed by atoms with Gasteiger partial charge in [-0.25, -0.2) is 0 Å². The molecule has 1 aromatic heterocycles. The zero-order chi connectivity index (χ0) is 15.5. The van der Waals surface area contributed by atoms with E-state index in [-0.39, 0.29) is 5.56 Å². The lowest BCUT2D eigenvalue weighted by molar-refractivity contribution is 0.285. The number of benzene rings is 2. The summed E-state index contributed by atoms with van der Waals surface area (Å²) in [6, 6.07) is 15.2. The van der Waals surface area contributed by atoms with Crippen LogP contribution in [0.3, 0.4) is 0 Å². The summed E-state index contributed by atoms with van der Waals surface area (Å²) in [4.78, 5) is 14.5. The first-order valence-electron chi connectivity index (χ1n) is 7.06. The zero-order valence-corrected chi connectivity index (χ0v) is 12.6. The second kappa shape index (κ2) is 5.93. The number of methoxy groups -OCH3 is 1. The van der Waals surface area contributed by atoms with Crippen molar-refractivity contribution in [3.63, 3.8) is 0 Å². The van der Waals surface area contributed by atoms with Gasteiger partial charge in [0.15, 0.2) is 11.5 Å². The van der Waals surface area contributed by atoms with Gasteiger partial charge in [0, 0.05) is 17.5 Å². The molecular formula is C18H17NO3. The maximum absolute atomic E-state index is 11.6. The van der Waals surface area contributed by atoms with Crippen molar-refractivity contribution < 1.29 is 9.47 Å². The van der Waals surface area contributed by atoms with Crippen LogP contribution in [-0.4, -0.2) is 12.1 Å². The highest BCUT2D eigenvalue weighted by Gasteiger charge is 2.09. The standard InChI is InChI=1S/C18H17NO3/c1-12-8-18(20)19-15-10-17(16(21-2)9-14(12)15)22-11-13-6-4-3-5-7-13/h3-10H,11H2,1-2H3,(H,19,20). The van der Waals surface area contributed by atoms with Crippen LogP contribution in [0.5, 0.6) is 11.5 Å². The molecule has 0 aliphatic heterocycles. The highest BCUT2D eigenvalue weighted by Crippen LogP contribution is 2.32. The Morgan fingerprint density at radius 3 is 2.55 bits per heavy atom. The van der Waals surface area contributed by atoms with Gasteiger partial charge in [-0.05, 0) is 24.1 Å². The number of rotatable bonds is 4. The maximum atomic E-state index is 11.6. The third-order valence-electron chi connectivity index (χ3n) is 3.57. The number of aryl methyl sites for hydroxylation is 1. The molecule has 4 nitrogen and oxygen atoms in total. The molecule has 2 aromatic carbocycles. The van der Waals surface area contributed by atoms with Crippen LogP contribution in [0.4, 0.5) is 0 Å². The first-order valence-corrected chi connectivity index (χ1v) is 7.06. The summed E-state index contributed by atoms with van der Waals surface area (Å²) in [5.41, 5.74) is 2.60. The van der Waals surface area contributed by atoms with Crippen molar-refractivity contribution in [3.8, 4) is 11.5 Å². The summed E-state index contributed by atoms with van der Waals surface area (Å²) < 4.78 is 11.3. The van der Waals surface area contributed by atoms with Crippen molar-refractivity contribution in [2.24, 2.45) is 0 Å². The van der Waals surface area contributed by atoms with E-state index in [1.165, 1.54) is 0 Å². The van der Waals surface area contributed by atoms with Crippen molar-refractivity contribution in [1.82, 2.24) is 4.98 Å². The van der Waals surface area contributed by atoms with Crippen LogP contribution < -0.4 is 15.0 Å². The molecule has 0 atom stereocenters. The molecule has 112 valence electrons. The first-order chi connectivity index (χ1) is 10.7. The van der Waals surface area contributed by atoms with E-state index in [4.69, 9.17) is 9.47 Å². The number of pyridine rings is 1. The number of aromatic nitrogens is 1. The van der Waals surface area contributed by atoms with Crippen molar-refractivity contribution in [2.45, 2.75) is 13.5 Å². The number of hydrogen-bond donors (Lipinski definition) is 1. The average Bonchev–Trinajstić information content (AvgIpc) is 2.53. The fourth-order valence-electron chi connectivity index (χ4n) is 2.44. The van der Waals surface area contributed by atoms with E-state index in [1.807, 2.05) is 49.4 Å². The van der Waals surface area contributed by atoms with Crippen LogP contribution in [-0.2, 0) is 6.61 Å². The molecule has 0 amide bonds. The van der Waals surface area contributed by atoms with E-state index in [1.54, 1.807) is 13.2 Å². The van der Waals surface area contributed by atoms with Gasteiger partial charge in [0.1, 0.15) is 6.61 Å². The lowest BCUT2D eigenvalue weighted by Crippen LogP contribution is -2.05. The highest BCUT2D eigenvalue weighted by molar-refractivity contribution is 5.85. The Bertz CT molecular complexity index is 853. The number of ether oxygens (including phenoxy) is 2. The van der Waals surface area contributed by atoms with Crippen LogP contribution >= 0.6 is 0 Å². The third kappa shape index (κ3) is 2.81. The van der Waals surface area contributed by atoms with Gasteiger partial charge in [0.25, 0.3) is 0 Å². The molecule has 0 unspecified atom stereocenters. The van der Waals surface area contributed by atoms with Crippen LogP contribution in [0.15, 0.2) is 53.3 Å². The SMILES string of the molecule is COc1cc2c(C)cc(=O)[nH]c2cc1OCc1ccccc1. The number of H-pyrrole nitrogens is 1. The van der Waals surface area contributed by atoms with E-state index in [2.05, 4.69) is 4.98 Å². The normalized spacial score (nSPS) is 10.6. The predicted molar refractivity (Wildman–Crippen MR) is 86.6 cm³/mol. The molecule has 0 spiro atoms. The lowest BCUT2D eigenvalue weighted by Gasteiger charge is -2.13. The molecule has 0 aliphatic rings. The van der Waals surface area contributed by atoms with Crippen molar-refractivity contribution in [3.05, 3.63) is 70.0 Å². The molecular weight excluding hydrogens is 278 g/mol. The number of aromatic amines is 1. The Hall–Kier alpha value is -2.75. The Labute approximate surface area is 128 Å². The third-order valence-corrected chi connectivity index (χ3v) is 3.57. The molecule has 3 aromatic rings. The Balaban J connectivity index is 1.99. The van der Waals surface area contributed by atoms with Crippen molar-refractivity contribution in [2.75, 3.05) is 7.11 Å². The molecule has 1 N–H and O–H groups in total. The van der Waals surface area contributed by atoms with Crippen LogP contribution in [0.2, 0.25) is 0 Å². The zero-order valence-electron chi connectivity index (χ0n) is 12.6. The Morgan fingerprint density at radius 1 is 1.05 bits per heavy atom. The van der Waals surface area contributed by atoms with Gasteiger partial charge in [0.2, 0.25) is 5.56 Å². The van der Waals surface area contributed by atoms with Gasteiger partial charge >= 0.3 is 0 Å². The van der Waals surface area contributed by atoms with Crippen molar-refractivity contribution >= 4 is 10.9 Å². The second-order valence-electron chi connectivity index (χ2n) is 5.14. The lowest BCUT2D eigenvalue weighted by atomic mass is 10.1. The molecule has 0 fully saturated rings. The van der Waals surface area contributed by atoms with Gasteiger partial charge in [0.05, 0.1) is 12.6 Å². The molecule has 3 rings (SSSR count). The van der Waals surface area contributed by atoms with Crippen LogP contribution in [0.1, 0.15) is 11.1 Å². The summed E-state index contributed by atoms with van der Waals surface area (Å²) in [7, 11) is 1.61. The van der Waals surface area contributed by atoms with Crippen LogP contribution in [0, 0.1) is 6.92 Å². The predicted octanol–water partition coefficient (Wildman–Crippen LogP) is 3.42.